The molecule has 1 aromatic carbocycles. The standard InChI is InChI=1S/C21H30N2O2/c24-20(23-15-10-17-6-2-3-7-19(17)23)18-8-13-22(14-9-18)16-21(25)11-4-1-5-12-21/h2-3,6-7,18,25H,1,4-5,8-16H2. The third-order valence-electron chi connectivity index (χ3n) is 6.39. The summed E-state index contributed by atoms with van der Waals surface area (Å²) in [5.41, 5.74) is 1.93. The normalized spacial score (nSPS) is 24.3. The Morgan fingerprint density at radius 3 is 2.56 bits per heavy atom. The van der Waals surface area contributed by atoms with Crippen molar-refractivity contribution in [2.75, 3.05) is 31.1 Å². The van der Waals surface area contributed by atoms with Crippen LogP contribution >= 0.6 is 0 Å². The lowest BCUT2D eigenvalue weighted by Crippen LogP contribution is -2.49. The summed E-state index contributed by atoms with van der Waals surface area (Å²) in [6.45, 7) is 3.50. The highest BCUT2D eigenvalue weighted by molar-refractivity contribution is 5.97. The molecule has 0 unspecified atom stereocenters. The number of carbonyl (C=O) groups excluding carboxylic acids is 1. The molecule has 136 valence electrons. The number of carbonyl (C=O) groups is 1. The molecule has 0 atom stereocenters. The molecule has 0 radical (unpaired) electrons. The Kier molecular flexibility index (Phi) is 4.83. The van der Waals surface area contributed by atoms with Gasteiger partial charge in [0.15, 0.2) is 0 Å². The molecular weight excluding hydrogens is 312 g/mol. The number of aliphatic hydroxyl groups is 1. The first-order valence-corrected chi connectivity index (χ1v) is 9.99. The fraction of sp³-hybridized carbons (Fsp3) is 0.667. The molecule has 0 spiro atoms. The van der Waals surface area contributed by atoms with E-state index in [0.717, 1.165) is 76.8 Å². The molecule has 4 nitrogen and oxygen atoms in total. The van der Waals surface area contributed by atoms with Crippen LogP contribution in [0.4, 0.5) is 5.69 Å². The van der Waals surface area contributed by atoms with Crippen LogP contribution < -0.4 is 4.90 Å². The SMILES string of the molecule is O=C(C1CCN(CC2(O)CCCCC2)CC1)N1CCc2ccccc21. The number of piperidine rings is 1. The Bertz CT molecular complexity index is 616. The average molecular weight is 342 g/mol. The van der Waals surface area contributed by atoms with Gasteiger partial charge in [0.05, 0.1) is 5.60 Å². The van der Waals surface area contributed by atoms with Gasteiger partial charge in [-0.1, -0.05) is 37.5 Å². The van der Waals surface area contributed by atoms with Gasteiger partial charge in [-0.3, -0.25) is 4.79 Å². The zero-order valence-electron chi connectivity index (χ0n) is 15.1. The molecule has 1 aliphatic carbocycles. The molecule has 1 amide bonds. The zero-order valence-corrected chi connectivity index (χ0v) is 15.1. The summed E-state index contributed by atoms with van der Waals surface area (Å²) in [4.78, 5) is 17.4. The van der Waals surface area contributed by atoms with E-state index in [1.54, 1.807) is 0 Å². The minimum Gasteiger partial charge on any atom is -0.389 e. The molecule has 25 heavy (non-hydrogen) atoms. The van der Waals surface area contributed by atoms with E-state index < -0.39 is 5.60 Å². The number of fused-ring (bicyclic) bond motifs is 1. The fourth-order valence-corrected chi connectivity index (χ4v) is 4.91. The average Bonchev–Trinajstić information content (AvgIpc) is 3.06. The number of amides is 1. The third kappa shape index (κ3) is 3.61. The summed E-state index contributed by atoms with van der Waals surface area (Å²) >= 11 is 0. The number of para-hydroxylation sites is 1. The summed E-state index contributed by atoms with van der Waals surface area (Å²) in [5, 5.41) is 10.8. The second kappa shape index (κ2) is 7.08. The maximum Gasteiger partial charge on any atom is 0.230 e. The lowest BCUT2D eigenvalue weighted by Gasteiger charge is -2.40. The number of hydrogen-bond acceptors (Lipinski definition) is 3. The highest BCUT2D eigenvalue weighted by Crippen LogP contribution is 2.33. The van der Waals surface area contributed by atoms with E-state index in [9.17, 15) is 9.90 Å². The Morgan fingerprint density at radius 1 is 1.08 bits per heavy atom. The molecular formula is C21H30N2O2. The molecule has 1 saturated carbocycles. The predicted molar refractivity (Wildman–Crippen MR) is 99.7 cm³/mol. The largest absolute Gasteiger partial charge is 0.389 e. The Morgan fingerprint density at radius 2 is 1.80 bits per heavy atom. The van der Waals surface area contributed by atoms with Crippen molar-refractivity contribution < 1.29 is 9.90 Å². The monoisotopic (exact) mass is 342 g/mol. The highest BCUT2D eigenvalue weighted by Gasteiger charge is 2.35. The van der Waals surface area contributed by atoms with Crippen molar-refractivity contribution in [3.8, 4) is 0 Å². The van der Waals surface area contributed by atoms with E-state index in [4.69, 9.17) is 0 Å². The molecule has 3 aliphatic rings. The molecule has 0 aromatic heterocycles. The number of β-amino-alcohol motifs (C(OH)–C–C–N with tert-alkyl or cyclic N) is 1. The lowest BCUT2D eigenvalue weighted by atomic mass is 9.83. The Balaban J connectivity index is 1.32. The van der Waals surface area contributed by atoms with Crippen molar-refractivity contribution in [2.24, 2.45) is 5.92 Å². The van der Waals surface area contributed by atoms with E-state index >= 15 is 0 Å². The van der Waals surface area contributed by atoms with Crippen LogP contribution in [0.15, 0.2) is 24.3 Å². The summed E-state index contributed by atoms with van der Waals surface area (Å²) < 4.78 is 0. The molecule has 2 aliphatic heterocycles. The number of anilines is 1. The number of hydrogen-bond donors (Lipinski definition) is 1. The first-order chi connectivity index (χ1) is 12.1. The van der Waals surface area contributed by atoms with Crippen molar-refractivity contribution in [2.45, 2.75) is 57.0 Å². The van der Waals surface area contributed by atoms with Crippen LogP contribution in [-0.2, 0) is 11.2 Å². The van der Waals surface area contributed by atoms with Crippen molar-refractivity contribution in [1.82, 2.24) is 4.90 Å². The van der Waals surface area contributed by atoms with Crippen molar-refractivity contribution >= 4 is 11.6 Å². The highest BCUT2D eigenvalue weighted by atomic mass is 16.3. The number of nitrogens with zero attached hydrogens (tertiary/aromatic N) is 2. The van der Waals surface area contributed by atoms with Crippen LogP contribution in [0.25, 0.3) is 0 Å². The fourth-order valence-electron chi connectivity index (χ4n) is 4.91. The second-order valence-electron chi connectivity index (χ2n) is 8.20. The van der Waals surface area contributed by atoms with Gasteiger partial charge in [0.1, 0.15) is 0 Å². The van der Waals surface area contributed by atoms with Gasteiger partial charge >= 0.3 is 0 Å². The summed E-state index contributed by atoms with van der Waals surface area (Å²) in [6, 6.07) is 8.29. The molecule has 2 fully saturated rings. The van der Waals surface area contributed by atoms with Gasteiger partial charge in [-0.15, -0.1) is 0 Å². The van der Waals surface area contributed by atoms with Gasteiger partial charge in [0.2, 0.25) is 5.91 Å². The van der Waals surface area contributed by atoms with Gasteiger partial charge in [-0.05, 0) is 56.8 Å². The Labute approximate surface area is 150 Å². The number of benzene rings is 1. The molecule has 0 bridgehead atoms. The van der Waals surface area contributed by atoms with Crippen LogP contribution in [-0.4, -0.2) is 47.7 Å². The third-order valence-corrected chi connectivity index (χ3v) is 6.39. The van der Waals surface area contributed by atoms with Crippen molar-refractivity contribution in [1.29, 1.82) is 0 Å². The molecule has 4 heteroatoms. The molecule has 1 N–H and O–H groups in total. The van der Waals surface area contributed by atoms with Gasteiger partial charge in [-0.2, -0.15) is 0 Å². The number of likely N-dealkylation sites (tertiary alicyclic amines) is 1. The molecule has 2 heterocycles. The minimum absolute atomic E-state index is 0.142. The first kappa shape index (κ1) is 17.0. The maximum absolute atomic E-state index is 13.0. The molecule has 1 saturated heterocycles. The van der Waals surface area contributed by atoms with E-state index in [2.05, 4.69) is 23.1 Å². The van der Waals surface area contributed by atoms with Gasteiger partial charge in [0.25, 0.3) is 0 Å². The van der Waals surface area contributed by atoms with E-state index in [1.165, 1.54) is 12.0 Å². The van der Waals surface area contributed by atoms with Crippen molar-refractivity contribution in [3.05, 3.63) is 29.8 Å². The van der Waals surface area contributed by atoms with Crippen LogP contribution in [0.5, 0.6) is 0 Å². The van der Waals surface area contributed by atoms with Crippen LogP contribution in [0.3, 0.4) is 0 Å². The summed E-state index contributed by atoms with van der Waals surface area (Å²) in [6.07, 6.45) is 8.28. The molecule has 4 rings (SSSR count). The van der Waals surface area contributed by atoms with E-state index in [0.29, 0.717) is 5.91 Å². The zero-order chi connectivity index (χ0) is 17.3. The van der Waals surface area contributed by atoms with Crippen LogP contribution in [0, 0.1) is 5.92 Å². The van der Waals surface area contributed by atoms with E-state index in [1.807, 2.05) is 11.0 Å². The summed E-state index contributed by atoms with van der Waals surface area (Å²) in [7, 11) is 0. The Hall–Kier alpha value is -1.39. The smallest absolute Gasteiger partial charge is 0.230 e. The second-order valence-corrected chi connectivity index (χ2v) is 8.20. The van der Waals surface area contributed by atoms with Gasteiger partial charge in [0, 0.05) is 24.7 Å². The van der Waals surface area contributed by atoms with Crippen LogP contribution in [0.2, 0.25) is 0 Å². The predicted octanol–water partition coefficient (Wildman–Crippen LogP) is 2.98. The minimum atomic E-state index is -0.483. The van der Waals surface area contributed by atoms with Gasteiger partial charge < -0.3 is 14.9 Å². The quantitative estimate of drug-likeness (QED) is 0.918. The maximum atomic E-state index is 13.0. The molecule has 1 aromatic rings. The van der Waals surface area contributed by atoms with Crippen LogP contribution in [0.1, 0.15) is 50.5 Å². The van der Waals surface area contributed by atoms with Crippen molar-refractivity contribution in [3.63, 3.8) is 0 Å². The topological polar surface area (TPSA) is 43.8 Å². The summed E-state index contributed by atoms with van der Waals surface area (Å²) in [5.74, 6) is 0.449. The number of rotatable bonds is 3. The van der Waals surface area contributed by atoms with E-state index in [-0.39, 0.29) is 5.92 Å². The van der Waals surface area contributed by atoms with Gasteiger partial charge in [-0.25, -0.2) is 0 Å². The first-order valence-electron chi connectivity index (χ1n) is 9.99. The lowest BCUT2D eigenvalue weighted by molar-refractivity contribution is -0.124.